The van der Waals surface area contributed by atoms with Gasteiger partial charge < -0.3 is 9.40 Å². The Labute approximate surface area is 121 Å². The number of aromatic nitrogens is 2. The fourth-order valence-corrected chi connectivity index (χ4v) is 2.58. The fourth-order valence-electron chi connectivity index (χ4n) is 2.30. The number of furan rings is 1. The van der Waals surface area contributed by atoms with Gasteiger partial charge in [-0.05, 0) is 36.7 Å². The lowest BCUT2D eigenvalue weighted by atomic mass is 10.1. The van der Waals surface area contributed by atoms with Crippen LogP contribution in [0.25, 0.3) is 22.1 Å². The van der Waals surface area contributed by atoms with Gasteiger partial charge >= 0.3 is 0 Å². The fraction of sp³-hybridized carbons (Fsp3) is 0.333. The number of para-hydroxylation sites is 1. The van der Waals surface area contributed by atoms with E-state index < -0.39 is 0 Å². The number of benzene rings is 1. The van der Waals surface area contributed by atoms with E-state index in [2.05, 4.69) is 18.8 Å². The van der Waals surface area contributed by atoms with Crippen LogP contribution in [0.3, 0.4) is 0 Å². The van der Waals surface area contributed by atoms with Crippen LogP contribution in [-0.2, 0) is 6.54 Å². The van der Waals surface area contributed by atoms with E-state index in [1.807, 2.05) is 24.3 Å². The Morgan fingerprint density at radius 1 is 1.35 bits per heavy atom. The Bertz CT molecular complexity index is 886. The Kier molecular flexibility index (Phi) is 3.22. The van der Waals surface area contributed by atoms with Gasteiger partial charge in [-0.3, -0.25) is 9.36 Å². The number of fused-ring (bicyclic) bond motifs is 3. The summed E-state index contributed by atoms with van der Waals surface area (Å²) in [7, 11) is 0. The van der Waals surface area contributed by atoms with Crippen molar-refractivity contribution in [3.8, 4) is 0 Å². The third kappa shape index (κ3) is 2.08. The van der Waals surface area contributed by atoms with E-state index in [0.29, 0.717) is 33.9 Å². The zero-order valence-electron chi connectivity index (χ0n) is 11.5. The molecule has 0 amide bonds. The molecule has 0 spiro atoms. The molecule has 1 N–H and O–H groups in total. The maximum absolute atomic E-state index is 12.5. The summed E-state index contributed by atoms with van der Waals surface area (Å²) in [6.45, 7) is 4.86. The highest BCUT2D eigenvalue weighted by molar-refractivity contribution is 7.71. The van der Waals surface area contributed by atoms with E-state index in [-0.39, 0.29) is 5.56 Å². The van der Waals surface area contributed by atoms with Gasteiger partial charge in [0.05, 0.1) is 0 Å². The van der Waals surface area contributed by atoms with Crippen LogP contribution in [0.4, 0.5) is 0 Å². The molecule has 1 aromatic carbocycles. The third-order valence-electron chi connectivity index (χ3n) is 3.44. The van der Waals surface area contributed by atoms with E-state index in [0.717, 1.165) is 11.8 Å². The van der Waals surface area contributed by atoms with Crippen LogP contribution >= 0.6 is 12.2 Å². The molecule has 2 heterocycles. The average molecular weight is 288 g/mol. The normalized spacial score (nSPS) is 11.8. The highest BCUT2D eigenvalue weighted by atomic mass is 32.1. The van der Waals surface area contributed by atoms with Gasteiger partial charge in [-0.1, -0.05) is 26.0 Å². The number of hydrogen-bond acceptors (Lipinski definition) is 3. The molecule has 0 aliphatic carbocycles. The predicted octanol–water partition coefficient (Wildman–Crippen LogP) is 3.85. The van der Waals surface area contributed by atoms with Gasteiger partial charge in [0.1, 0.15) is 11.1 Å². The Morgan fingerprint density at radius 2 is 2.10 bits per heavy atom. The minimum atomic E-state index is -0.152. The largest absolute Gasteiger partial charge is 0.449 e. The van der Waals surface area contributed by atoms with Crippen molar-refractivity contribution in [2.75, 3.05) is 0 Å². The first-order valence-electron chi connectivity index (χ1n) is 6.72. The number of nitrogens with zero attached hydrogens (tertiary/aromatic N) is 1. The summed E-state index contributed by atoms with van der Waals surface area (Å²) in [4.78, 5) is 15.6. The SMILES string of the molecule is CC(C)CCn1c(=S)[nH]c2c(oc3ccccc32)c1=O. The predicted molar refractivity (Wildman–Crippen MR) is 82.6 cm³/mol. The average Bonchev–Trinajstić information content (AvgIpc) is 2.77. The molecule has 0 unspecified atom stereocenters. The second kappa shape index (κ2) is 4.90. The van der Waals surface area contributed by atoms with Crippen LogP contribution < -0.4 is 5.56 Å². The van der Waals surface area contributed by atoms with E-state index in [1.54, 1.807) is 4.57 Å². The minimum Gasteiger partial charge on any atom is -0.449 e. The summed E-state index contributed by atoms with van der Waals surface area (Å²) in [5.41, 5.74) is 1.59. The van der Waals surface area contributed by atoms with Crippen LogP contribution in [0, 0.1) is 10.7 Å². The molecule has 3 rings (SSSR count). The van der Waals surface area contributed by atoms with Gasteiger partial charge in [0.2, 0.25) is 5.58 Å². The quantitative estimate of drug-likeness (QED) is 0.745. The van der Waals surface area contributed by atoms with Crippen molar-refractivity contribution >= 4 is 34.3 Å². The maximum atomic E-state index is 12.5. The molecule has 2 aromatic heterocycles. The summed E-state index contributed by atoms with van der Waals surface area (Å²) in [5, 5.41) is 0.890. The zero-order valence-corrected chi connectivity index (χ0v) is 12.3. The van der Waals surface area contributed by atoms with Crippen LogP contribution in [0.1, 0.15) is 20.3 Å². The van der Waals surface area contributed by atoms with Crippen molar-refractivity contribution in [3.63, 3.8) is 0 Å². The highest BCUT2D eigenvalue weighted by Gasteiger charge is 2.13. The molecule has 0 aliphatic rings. The Hall–Kier alpha value is -1.88. The number of rotatable bonds is 3. The summed E-state index contributed by atoms with van der Waals surface area (Å²) in [6, 6.07) is 7.57. The molecule has 0 fully saturated rings. The minimum absolute atomic E-state index is 0.152. The van der Waals surface area contributed by atoms with Gasteiger partial charge in [-0.25, -0.2) is 0 Å². The number of aromatic amines is 1. The molecule has 0 atom stereocenters. The van der Waals surface area contributed by atoms with Crippen molar-refractivity contribution in [3.05, 3.63) is 39.4 Å². The molecular weight excluding hydrogens is 272 g/mol. The van der Waals surface area contributed by atoms with E-state index in [1.165, 1.54) is 0 Å². The number of hydrogen-bond donors (Lipinski definition) is 1. The molecular formula is C15H16N2O2S. The topological polar surface area (TPSA) is 50.9 Å². The van der Waals surface area contributed by atoms with Gasteiger partial charge in [0.25, 0.3) is 5.56 Å². The molecule has 0 aliphatic heterocycles. The second-order valence-corrected chi connectivity index (χ2v) is 5.76. The lowest BCUT2D eigenvalue weighted by molar-refractivity contribution is 0.499. The van der Waals surface area contributed by atoms with Gasteiger partial charge in [-0.2, -0.15) is 0 Å². The van der Waals surface area contributed by atoms with Crippen molar-refractivity contribution < 1.29 is 4.42 Å². The van der Waals surface area contributed by atoms with Crippen molar-refractivity contribution in [1.82, 2.24) is 9.55 Å². The molecule has 5 heteroatoms. The standard InChI is InChI=1S/C15H16N2O2S/c1-9(2)7-8-17-14(18)13-12(16-15(17)20)10-5-3-4-6-11(10)19-13/h3-6,9H,7-8H2,1-2H3,(H,16,20). The highest BCUT2D eigenvalue weighted by Crippen LogP contribution is 2.24. The third-order valence-corrected chi connectivity index (χ3v) is 3.76. The summed E-state index contributed by atoms with van der Waals surface area (Å²) in [5.74, 6) is 0.516. The van der Waals surface area contributed by atoms with Gasteiger partial charge in [0, 0.05) is 11.9 Å². The lowest BCUT2D eigenvalue weighted by Gasteiger charge is -2.07. The van der Waals surface area contributed by atoms with Crippen LogP contribution in [0.5, 0.6) is 0 Å². The van der Waals surface area contributed by atoms with Crippen LogP contribution in [-0.4, -0.2) is 9.55 Å². The van der Waals surface area contributed by atoms with E-state index in [9.17, 15) is 4.79 Å². The molecule has 0 bridgehead atoms. The molecule has 104 valence electrons. The van der Waals surface area contributed by atoms with Crippen LogP contribution in [0.15, 0.2) is 33.5 Å². The molecule has 20 heavy (non-hydrogen) atoms. The summed E-state index contributed by atoms with van der Waals surface area (Å²) in [6.07, 6.45) is 0.906. The number of H-pyrrole nitrogens is 1. The van der Waals surface area contributed by atoms with Crippen molar-refractivity contribution in [1.29, 1.82) is 0 Å². The number of nitrogens with one attached hydrogen (secondary N) is 1. The molecule has 4 nitrogen and oxygen atoms in total. The zero-order chi connectivity index (χ0) is 14.3. The van der Waals surface area contributed by atoms with E-state index >= 15 is 0 Å². The lowest BCUT2D eigenvalue weighted by Crippen LogP contribution is -2.22. The Balaban J connectivity index is 2.27. The monoisotopic (exact) mass is 288 g/mol. The first kappa shape index (κ1) is 13.1. The van der Waals surface area contributed by atoms with Crippen molar-refractivity contribution in [2.24, 2.45) is 5.92 Å². The molecule has 0 saturated carbocycles. The second-order valence-electron chi connectivity index (χ2n) is 5.37. The smallest absolute Gasteiger partial charge is 0.297 e. The van der Waals surface area contributed by atoms with Crippen molar-refractivity contribution in [2.45, 2.75) is 26.8 Å². The van der Waals surface area contributed by atoms with E-state index in [4.69, 9.17) is 16.6 Å². The Morgan fingerprint density at radius 3 is 2.85 bits per heavy atom. The first-order valence-corrected chi connectivity index (χ1v) is 7.13. The molecule has 0 radical (unpaired) electrons. The molecule has 3 aromatic rings. The molecule has 0 saturated heterocycles. The van der Waals surface area contributed by atoms with Gasteiger partial charge in [-0.15, -0.1) is 0 Å². The first-order chi connectivity index (χ1) is 9.58. The maximum Gasteiger partial charge on any atom is 0.297 e. The summed E-state index contributed by atoms with van der Waals surface area (Å²) < 4.78 is 7.71. The van der Waals surface area contributed by atoms with Crippen LogP contribution in [0.2, 0.25) is 0 Å². The summed E-state index contributed by atoms with van der Waals surface area (Å²) >= 11 is 5.31. The van der Waals surface area contributed by atoms with Gasteiger partial charge in [0.15, 0.2) is 4.77 Å².